The number of anilines is 1. The zero-order valence-corrected chi connectivity index (χ0v) is 20.9. The highest BCUT2D eigenvalue weighted by Crippen LogP contribution is 2.39. The Balaban J connectivity index is 1.59. The SMILES string of the molecule is Cc1cccc(C)c1NC(=O)C(=O)[C@@H](C(=O)c1ccccc1-c1ccccc1)[C@@H]1OC(=O)c2ccccc21. The normalized spacial score (nSPS) is 14.8. The van der Waals surface area contributed by atoms with Crippen LogP contribution in [0.25, 0.3) is 11.1 Å². The van der Waals surface area contributed by atoms with Crippen molar-refractivity contribution in [3.05, 3.63) is 125 Å². The van der Waals surface area contributed by atoms with Gasteiger partial charge in [0.05, 0.1) is 5.56 Å². The Morgan fingerprint density at radius 2 is 1.34 bits per heavy atom. The van der Waals surface area contributed by atoms with Gasteiger partial charge in [0.1, 0.15) is 12.0 Å². The fraction of sp³-hybridized carbons (Fsp3) is 0.125. The zero-order valence-electron chi connectivity index (χ0n) is 20.9. The molecule has 6 heteroatoms. The summed E-state index contributed by atoms with van der Waals surface area (Å²) < 4.78 is 5.59. The molecule has 5 rings (SSSR count). The van der Waals surface area contributed by atoms with E-state index < -0.39 is 35.5 Å². The number of ketones is 2. The fourth-order valence-electron chi connectivity index (χ4n) is 4.88. The summed E-state index contributed by atoms with van der Waals surface area (Å²) in [6.45, 7) is 3.64. The number of ether oxygens (including phenoxy) is 1. The maximum atomic E-state index is 14.2. The fourth-order valence-corrected chi connectivity index (χ4v) is 4.88. The summed E-state index contributed by atoms with van der Waals surface area (Å²) in [6, 6.07) is 28.3. The first-order valence-corrected chi connectivity index (χ1v) is 12.3. The highest BCUT2D eigenvalue weighted by molar-refractivity contribution is 6.45. The number of nitrogens with one attached hydrogen (secondary N) is 1. The lowest BCUT2D eigenvalue weighted by Crippen LogP contribution is -2.38. The van der Waals surface area contributed by atoms with E-state index >= 15 is 0 Å². The van der Waals surface area contributed by atoms with Gasteiger partial charge >= 0.3 is 5.97 Å². The first-order chi connectivity index (χ1) is 18.4. The number of esters is 1. The number of carbonyl (C=O) groups excluding carboxylic acids is 4. The molecule has 0 aliphatic carbocycles. The molecule has 0 bridgehead atoms. The zero-order chi connectivity index (χ0) is 26.8. The molecule has 1 N–H and O–H groups in total. The van der Waals surface area contributed by atoms with Crippen molar-refractivity contribution in [2.24, 2.45) is 5.92 Å². The van der Waals surface area contributed by atoms with E-state index in [1.807, 2.05) is 62.4 Å². The van der Waals surface area contributed by atoms with Gasteiger partial charge in [-0.15, -0.1) is 0 Å². The van der Waals surface area contributed by atoms with Gasteiger partial charge in [-0.2, -0.15) is 0 Å². The van der Waals surface area contributed by atoms with Crippen molar-refractivity contribution in [2.45, 2.75) is 20.0 Å². The number of benzene rings is 4. The van der Waals surface area contributed by atoms with Crippen LogP contribution >= 0.6 is 0 Å². The second-order valence-electron chi connectivity index (χ2n) is 9.25. The van der Waals surface area contributed by atoms with Crippen LogP contribution in [-0.2, 0) is 14.3 Å². The molecule has 0 fully saturated rings. The maximum Gasteiger partial charge on any atom is 0.339 e. The van der Waals surface area contributed by atoms with Crippen molar-refractivity contribution < 1.29 is 23.9 Å². The predicted octanol–water partition coefficient (Wildman–Crippen LogP) is 5.89. The lowest BCUT2D eigenvalue weighted by atomic mass is 9.82. The third kappa shape index (κ3) is 4.52. The van der Waals surface area contributed by atoms with Gasteiger partial charge in [-0.05, 0) is 42.2 Å². The van der Waals surface area contributed by atoms with Gasteiger partial charge in [-0.1, -0.05) is 91.0 Å². The third-order valence-electron chi connectivity index (χ3n) is 6.81. The summed E-state index contributed by atoms with van der Waals surface area (Å²) in [5.41, 5.74) is 4.40. The number of carbonyl (C=O) groups is 4. The monoisotopic (exact) mass is 503 g/mol. The molecule has 0 radical (unpaired) electrons. The minimum Gasteiger partial charge on any atom is -0.453 e. The van der Waals surface area contributed by atoms with Crippen molar-refractivity contribution in [1.82, 2.24) is 0 Å². The molecule has 4 aromatic carbocycles. The van der Waals surface area contributed by atoms with E-state index in [4.69, 9.17) is 4.74 Å². The molecule has 0 spiro atoms. The topological polar surface area (TPSA) is 89.5 Å². The molecule has 1 aliphatic heterocycles. The van der Waals surface area contributed by atoms with Crippen molar-refractivity contribution in [2.75, 3.05) is 5.32 Å². The molecule has 0 aromatic heterocycles. The van der Waals surface area contributed by atoms with Gasteiger partial charge < -0.3 is 10.1 Å². The van der Waals surface area contributed by atoms with E-state index in [-0.39, 0.29) is 11.1 Å². The Labute approximate surface area is 220 Å². The minimum absolute atomic E-state index is 0.261. The average molecular weight is 504 g/mol. The highest BCUT2D eigenvalue weighted by atomic mass is 16.5. The van der Waals surface area contributed by atoms with E-state index in [9.17, 15) is 19.2 Å². The first kappa shape index (κ1) is 24.8. The van der Waals surface area contributed by atoms with Crippen LogP contribution in [0, 0.1) is 19.8 Å². The van der Waals surface area contributed by atoms with Gasteiger partial charge in [0.25, 0.3) is 5.91 Å². The number of Topliss-reactive ketones (excluding diaryl/α,β-unsaturated/α-hetero) is 2. The van der Waals surface area contributed by atoms with E-state index in [1.54, 1.807) is 48.5 Å². The number of hydrogen-bond donors (Lipinski definition) is 1. The maximum absolute atomic E-state index is 14.2. The molecule has 0 unspecified atom stereocenters. The lowest BCUT2D eigenvalue weighted by molar-refractivity contribution is -0.138. The second kappa shape index (κ2) is 10.3. The quantitative estimate of drug-likeness (QED) is 0.147. The van der Waals surface area contributed by atoms with Crippen molar-refractivity contribution >= 4 is 29.1 Å². The molecule has 0 saturated carbocycles. The van der Waals surface area contributed by atoms with Crippen LogP contribution in [0.15, 0.2) is 97.1 Å². The van der Waals surface area contributed by atoms with Crippen LogP contribution in [0.4, 0.5) is 5.69 Å². The summed E-state index contributed by atoms with van der Waals surface area (Å²) in [5.74, 6) is -4.73. The molecule has 2 atom stereocenters. The Morgan fingerprint density at radius 1 is 0.737 bits per heavy atom. The summed E-state index contributed by atoms with van der Waals surface area (Å²) >= 11 is 0. The van der Waals surface area contributed by atoms with E-state index in [2.05, 4.69) is 5.32 Å². The number of cyclic esters (lactones) is 1. The lowest BCUT2D eigenvalue weighted by Gasteiger charge is -2.22. The molecule has 1 aliphatic rings. The Kier molecular flexibility index (Phi) is 6.71. The van der Waals surface area contributed by atoms with Crippen LogP contribution in [-0.4, -0.2) is 23.4 Å². The molecule has 1 heterocycles. The Morgan fingerprint density at radius 3 is 2.05 bits per heavy atom. The molecule has 6 nitrogen and oxygen atoms in total. The van der Waals surface area contributed by atoms with Gasteiger partial charge in [0.15, 0.2) is 5.78 Å². The third-order valence-corrected chi connectivity index (χ3v) is 6.81. The minimum atomic E-state index is -1.57. The second-order valence-corrected chi connectivity index (χ2v) is 9.25. The van der Waals surface area contributed by atoms with Gasteiger partial charge in [-0.3, -0.25) is 14.4 Å². The molecular formula is C32H25NO5. The standard InChI is InChI=1S/C32H25NO5/c1-19-11-10-12-20(2)27(19)33-31(36)29(35)26(30-24-17-8-9-18-25(24)32(37)38-30)28(34)23-16-7-6-15-22(23)21-13-4-3-5-14-21/h3-18,26,30H,1-2H3,(H,33,36)/t26-,30-/m1/s1. The van der Waals surface area contributed by atoms with Gasteiger partial charge in [0.2, 0.25) is 5.78 Å². The van der Waals surface area contributed by atoms with Crippen LogP contribution in [0.1, 0.15) is 43.5 Å². The van der Waals surface area contributed by atoms with Gasteiger partial charge in [0, 0.05) is 16.8 Å². The van der Waals surface area contributed by atoms with Crippen LogP contribution in [0.3, 0.4) is 0 Å². The summed E-state index contributed by atoms with van der Waals surface area (Å²) in [5, 5.41) is 2.69. The number of fused-ring (bicyclic) bond motifs is 1. The number of para-hydroxylation sites is 1. The Hall–Kier alpha value is -4.84. The number of hydrogen-bond acceptors (Lipinski definition) is 5. The number of amides is 1. The smallest absolute Gasteiger partial charge is 0.339 e. The van der Waals surface area contributed by atoms with Crippen molar-refractivity contribution in [3.8, 4) is 11.1 Å². The average Bonchev–Trinajstić information content (AvgIpc) is 3.27. The van der Waals surface area contributed by atoms with Crippen LogP contribution in [0.5, 0.6) is 0 Å². The molecule has 188 valence electrons. The van der Waals surface area contributed by atoms with E-state index in [0.29, 0.717) is 16.8 Å². The van der Waals surface area contributed by atoms with Gasteiger partial charge in [-0.25, -0.2) is 4.79 Å². The van der Waals surface area contributed by atoms with Crippen molar-refractivity contribution in [1.29, 1.82) is 0 Å². The summed E-state index contributed by atoms with van der Waals surface area (Å²) in [6.07, 6.45) is -1.23. The number of aryl methyl sites for hydroxylation is 2. The van der Waals surface area contributed by atoms with Crippen LogP contribution < -0.4 is 5.32 Å². The molecule has 4 aromatic rings. The highest BCUT2D eigenvalue weighted by Gasteiger charge is 2.46. The molecule has 0 saturated heterocycles. The molecule has 38 heavy (non-hydrogen) atoms. The van der Waals surface area contributed by atoms with Crippen LogP contribution in [0.2, 0.25) is 0 Å². The first-order valence-electron chi connectivity index (χ1n) is 12.3. The van der Waals surface area contributed by atoms with E-state index in [1.165, 1.54) is 0 Å². The Bertz CT molecular complexity index is 1550. The predicted molar refractivity (Wildman–Crippen MR) is 144 cm³/mol. The molecular weight excluding hydrogens is 478 g/mol. The van der Waals surface area contributed by atoms with Crippen molar-refractivity contribution in [3.63, 3.8) is 0 Å². The molecule has 1 amide bonds. The largest absolute Gasteiger partial charge is 0.453 e. The van der Waals surface area contributed by atoms with E-state index in [0.717, 1.165) is 16.7 Å². The summed E-state index contributed by atoms with van der Waals surface area (Å²) in [7, 11) is 0. The summed E-state index contributed by atoms with van der Waals surface area (Å²) in [4.78, 5) is 54.0. The number of rotatable bonds is 7.